The van der Waals surface area contributed by atoms with Crippen LogP contribution in [0.1, 0.15) is 38.1 Å². The second-order valence-corrected chi connectivity index (χ2v) is 9.73. The van der Waals surface area contributed by atoms with Gasteiger partial charge in [-0.05, 0) is 92.7 Å². The van der Waals surface area contributed by atoms with Crippen LogP contribution in [0.15, 0.2) is 85.6 Å². The van der Waals surface area contributed by atoms with Gasteiger partial charge in [-0.25, -0.2) is 9.37 Å². The zero-order valence-corrected chi connectivity index (χ0v) is 23.8. The first-order valence-corrected chi connectivity index (χ1v) is 14.0. The van der Waals surface area contributed by atoms with Crippen LogP contribution in [0.5, 0.6) is 17.2 Å². The molecule has 0 atom stereocenters. The van der Waals surface area contributed by atoms with Crippen molar-refractivity contribution in [2.75, 3.05) is 26.2 Å². The van der Waals surface area contributed by atoms with Crippen LogP contribution < -0.4 is 9.47 Å². The van der Waals surface area contributed by atoms with Gasteiger partial charge in [-0.1, -0.05) is 19.9 Å². The molecule has 0 aliphatic heterocycles. The van der Waals surface area contributed by atoms with Crippen LogP contribution in [0.2, 0.25) is 0 Å². The Hall–Kier alpha value is -4.11. The normalized spacial score (nSPS) is 11.6. The molecule has 5 nitrogen and oxygen atoms in total. The van der Waals surface area contributed by atoms with Gasteiger partial charge in [0.25, 0.3) is 0 Å². The lowest BCUT2D eigenvalue weighted by Gasteiger charge is -2.17. The number of rotatable bonds is 14. The lowest BCUT2D eigenvalue weighted by molar-refractivity contribution is -0.140. The molecule has 0 saturated carbocycles. The maximum absolute atomic E-state index is 13.6. The van der Waals surface area contributed by atoms with Gasteiger partial charge < -0.3 is 18.9 Å². The summed E-state index contributed by atoms with van der Waals surface area (Å²) in [7, 11) is 0. The van der Waals surface area contributed by atoms with E-state index in [1.54, 1.807) is 24.3 Å². The van der Waals surface area contributed by atoms with E-state index in [1.807, 2.05) is 41.1 Å². The third-order valence-electron chi connectivity index (χ3n) is 6.88. The van der Waals surface area contributed by atoms with E-state index in [1.165, 1.54) is 0 Å². The molecule has 0 saturated heterocycles. The summed E-state index contributed by atoms with van der Waals surface area (Å²) < 4.78 is 66.3. The van der Waals surface area contributed by atoms with Crippen molar-refractivity contribution in [2.45, 2.75) is 39.3 Å². The fourth-order valence-electron chi connectivity index (χ4n) is 4.52. The fourth-order valence-corrected chi connectivity index (χ4v) is 4.52. The van der Waals surface area contributed by atoms with Crippen LogP contribution >= 0.6 is 0 Å². The van der Waals surface area contributed by atoms with Crippen LogP contribution in [0.4, 0.5) is 17.6 Å². The molecule has 0 bridgehead atoms. The Bertz CT molecular complexity index is 1440. The number of benzene rings is 3. The van der Waals surface area contributed by atoms with Crippen molar-refractivity contribution in [2.24, 2.45) is 0 Å². The molecule has 0 aliphatic carbocycles. The Labute approximate surface area is 244 Å². The molecule has 0 spiro atoms. The van der Waals surface area contributed by atoms with Gasteiger partial charge >= 0.3 is 6.18 Å². The summed E-state index contributed by atoms with van der Waals surface area (Å²) in [5.74, 6) is 0.511. The van der Waals surface area contributed by atoms with Gasteiger partial charge in [0.2, 0.25) is 0 Å². The number of nitrogens with zero attached hydrogens (tertiary/aromatic N) is 3. The number of hydrogen-bond donors (Lipinski definition) is 0. The topological polar surface area (TPSA) is 39.5 Å². The van der Waals surface area contributed by atoms with Crippen LogP contribution in [0.25, 0.3) is 16.9 Å². The molecule has 222 valence electrons. The summed E-state index contributed by atoms with van der Waals surface area (Å²) in [4.78, 5) is 7.23. The van der Waals surface area contributed by atoms with Gasteiger partial charge in [-0.2, -0.15) is 13.2 Å². The van der Waals surface area contributed by atoms with E-state index in [0.717, 1.165) is 73.1 Å². The predicted molar refractivity (Wildman–Crippen MR) is 157 cm³/mol. The molecule has 1 heterocycles. The van der Waals surface area contributed by atoms with Gasteiger partial charge in [-0.3, -0.25) is 0 Å². The minimum atomic E-state index is -4.81. The highest BCUT2D eigenvalue weighted by Crippen LogP contribution is 2.35. The minimum Gasteiger partial charge on any atom is -0.494 e. The number of allylic oxidation sites excluding steroid dienone is 1. The van der Waals surface area contributed by atoms with Crippen LogP contribution in [0, 0.1) is 5.82 Å². The summed E-state index contributed by atoms with van der Waals surface area (Å²) in [6.07, 6.45) is 1.34. The van der Waals surface area contributed by atoms with Crippen molar-refractivity contribution < 1.29 is 27.0 Å². The third kappa shape index (κ3) is 8.00. The zero-order valence-electron chi connectivity index (χ0n) is 23.8. The minimum absolute atomic E-state index is 0.107. The molecule has 42 heavy (non-hydrogen) atoms. The quantitative estimate of drug-likeness (QED) is 0.0848. The van der Waals surface area contributed by atoms with Crippen molar-refractivity contribution >= 4 is 0 Å². The van der Waals surface area contributed by atoms with Gasteiger partial charge in [0, 0.05) is 30.4 Å². The Morgan fingerprint density at radius 1 is 0.929 bits per heavy atom. The Balaban J connectivity index is 1.47. The van der Waals surface area contributed by atoms with E-state index in [4.69, 9.17) is 14.5 Å². The molecular formula is C33H35F4N3O2. The second-order valence-electron chi connectivity index (χ2n) is 9.73. The lowest BCUT2D eigenvalue weighted by Crippen LogP contribution is -2.25. The summed E-state index contributed by atoms with van der Waals surface area (Å²) in [6.45, 7) is 11.9. The number of aromatic nitrogens is 2. The SMILES string of the molecule is C=CCCc1nc(-c2ccc(OCCCN(CC)CC)cc2)cn1-c1ccc(Oc2ccc(F)c(C(F)(F)F)c2)cc1. The van der Waals surface area contributed by atoms with E-state index in [0.29, 0.717) is 24.8 Å². The highest BCUT2D eigenvalue weighted by atomic mass is 19.4. The summed E-state index contributed by atoms with van der Waals surface area (Å²) >= 11 is 0. The first-order chi connectivity index (χ1) is 20.2. The Morgan fingerprint density at radius 3 is 2.24 bits per heavy atom. The number of imidazole rings is 1. The molecule has 0 radical (unpaired) electrons. The fraction of sp³-hybridized carbons (Fsp3) is 0.303. The number of halogens is 4. The van der Waals surface area contributed by atoms with Crippen LogP contribution in [-0.2, 0) is 12.6 Å². The third-order valence-corrected chi connectivity index (χ3v) is 6.88. The number of aryl methyl sites for hydroxylation is 1. The van der Waals surface area contributed by atoms with E-state index < -0.39 is 17.6 Å². The molecule has 0 N–H and O–H groups in total. The average molecular weight is 582 g/mol. The van der Waals surface area contributed by atoms with Gasteiger partial charge in [0.05, 0.1) is 17.9 Å². The Kier molecular flexibility index (Phi) is 10.4. The highest BCUT2D eigenvalue weighted by molar-refractivity contribution is 5.61. The first-order valence-electron chi connectivity index (χ1n) is 14.0. The number of alkyl halides is 3. The lowest BCUT2D eigenvalue weighted by atomic mass is 10.1. The summed E-state index contributed by atoms with van der Waals surface area (Å²) in [5.41, 5.74) is 1.18. The molecule has 4 aromatic rings. The summed E-state index contributed by atoms with van der Waals surface area (Å²) in [5, 5.41) is 0. The molecule has 9 heteroatoms. The van der Waals surface area contributed by atoms with Crippen LogP contribution in [-0.4, -0.2) is 40.7 Å². The molecule has 3 aromatic carbocycles. The predicted octanol–water partition coefficient (Wildman–Crippen LogP) is 8.72. The average Bonchev–Trinajstić information content (AvgIpc) is 3.41. The number of ether oxygens (including phenoxy) is 2. The van der Waals surface area contributed by atoms with Crippen molar-refractivity contribution in [1.82, 2.24) is 14.5 Å². The first kappa shape index (κ1) is 30.8. The highest BCUT2D eigenvalue weighted by Gasteiger charge is 2.34. The van der Waals surface area contributed by atoms with E-state index in [2.05, 4.69) is 25.3 Å². The largest absolute Gasteiger partial charge is 0.494 e. The van der Waals surface area contributed by atoms with Gasteiger partial charge in [0.15, 0.2) is 0 Å². The number of hydrogen-bond acceptors (Lipinski definition) is 4. The maximum atomic E-state index is 13.6. The van der Waals surface area contributed by atoms with Gasteiger partial charge in [-0.15, -0.1) is 6.58 Å². The van der Waals surface area contributed by atoms with E-state index in [9.17, 15) is 17.6 Å². The van der Waals surface area contributed by atoms with Crippen LogP contribution in [0.3, 0.4) is 0 Å². The van der Waals surface area contributed by atoms with E-state index in [-0.39, 0.29) is 5.75 Å². The van der Waals surface area contributed by atoms with Gasteiger partial charge in [0.1, 0.15) is 28.9 Å². The Morgan fingerprint density at radius 2 is 1.60 bits per heavy atom. The molecular weight excluding hydrogens is 546 g/mol. The van der Waals surface area contributed by atoms with Crippen molar-refractivity contribution in [3.8, 4) is 34.2 Å². The van der Waals surface area contributed by atoms with Crippen molar-refractivity contribution in [3.05, 3.63) is 103 Å². The van der Waals surface area contributed by atoms with Crippen molar-refractivity contribution in [3.63, 3.8) is 0 Å². The van der Waals surface area contributed by atoms with Crippen molar-refractivity contribution in [1.29, 1.82) is 0 Å². The smallest absolute Gasteiger partial charge is 0.419 e. The second kappa shape index (κ2) is 14.2. The molecule has 1 aromatic heterocycles. The zero-order chi connectivity index (χ0) is 30.1. The molecule has 0 amide bonds. The summed E-state index contributed by atoms with van der Waals surface area (Å²) in [6, 6.07) is 17.3. The maximum Gasteiger partial charge on any atom is 0.419 e. The standard InChI is InChI=1S/C33H35F4N3O2/c1-4-7-9-32-38-31(24-10-14-26(15-11-24)41-21-8-20-39(5-2)6-3)23-40(32)25-12-16-27(17-13-25)42-28-18-19-30(34)29(22-28)33(35,36)37/h4,10-19,22-23H,1,5-9,20-21H2,2-3H3. The molecule has 0 fully saturated rings. The molecule has 0 unspecified atom stereocenters. The molecule has 0 aliphatic rings. The monoisotopic (exact) mass is 581 g/mol. The van der Waals surface area contributed by atoms with E-state index >= 15 is 0 Å². The molecule has 4 rings (SSSR count).